The highest BCUT2D eigenvalue weighted by molar-refractivity contribution is 5.81. The van der Waals surface area contributed by atoms with Crippen molar-refractivity contribution < 1.29 is 9.53 Å². The molecule has 2 aliphatic heterocycles. The molecule has 3 unspecified atom stereocenters. The molecule has 0 aromatic heterocycles. The molecule has 2 aliphatic rings. The van der Waals surface area contributed by atoms with Gasteiger partial charge in [-0.1, -0.05) is 6.92 Å². The van der Waals surface area contributed by atoms with E-state index in [9.17, 15) is 4.79 Å². The predicted molar refractivity (Wildman–Crippen MR) is 74.8 cm³/mol. The first-order chi connectivity index (χ1) is 9.27. The van der Waals surface area contributed by atoms with Crippen LogP contribution in [-0.4, -0.2) is 44.4 Å². The maximum Gasteiger partial charge on any atom is 0.249 e. The van der Waals surface area contributed by atoms with Crippen molar-refractivity contribution in [1.29, 1.82) is 0 Å². The van der Waals surface area contributed by atoms with Gasteiger partial charge in [-0.2, -0.15) is 0 Å². The van der Waals surface area contributed by atoms with Crippen LogP contribution in [0.25, 0.3) is 0 Å². The molecule has 2 saturated heterocycles. The number of piperidine rings is 1. The highest BCUT2D eigenvalue weighted by Crippen LogP contribution is 2.19. The van der Waals surface area contributed by atoms with Crippen molar-refractivity contribution in [2.45, 2.75) is 51.3 Å². The Bertz CT molecular complexity index is 280. The van der Waals surface area contributed by atoms with Gasteiger partial charge in [-0.15, -0.1) is 0 Å². The summed E-state index contributed by atoms with van der Waals surface area (Å²) in [4.78, 5) is 11.9. The number of carbonyl (C=O) groups excluding carboxylic acids is 1. The molecule has 110 valence electrons. The van der Waals surface area contributed by atoms with Gasteiger partial charge in [0.15, 0.2) is 0 Å². The molecule has 2 rings (SSSR count). The lowest BCUT2D eigenvalue weighted by Gasteiger charge is -2.24. The Morgan fingerprint density at radius 2 is 2.21 bits per heavy atom. The number of rotatable bonds is 6. The van der Waals surface area contributed by atoms with Crippen molar-refractivity contribution in [3.63, 3.8) is 0 Å². The summed E-state index contributed by atoms with van der Waals surface area (Å²) < 4.78 is 5.44. The van der Waals surface area contributed by atoms with Crippen LogP contribution < -0.4 is 16.0 Å². The summed E-state index contributed by atoms with van der Waals surface area (Å²) in [5.41, 5.74) is 0. The number of ether oxygens (including phenoxy) is 1. The Hall–Kier alpha value is -0.650. The molecule has 2 fully saturated rings. The van der Waals surface area contributed by atoms with Crippen molar-refractivity contribution in [2.75, 3.05) is 26.2 Å². The molecular weight excluding hydrogens is 242 g/mol. The van der Waals surface area contributed by atoms with Gasteiger partial charge >= 0.3 is 0 Å². The monoisotopic (exact) mass is 269 g/mol. The van der Waals surface area contributed by atoms with E-state index in [1.807, 2.05) is 0 Å². The zero-order valence-corrected chi connectivity index (χ0v) is 11.9. The average Bonchev–Trinajstić information content (AvgIpc) is 2.86. The zero-order chi connectivity index (χ0) is 13.5. The summed E-state index contributed by atoms with van der Waals surface area (Å²) in [6.07, 6.45) is 5.99. The molecule has 0 radical (unpaired) electrons. The van der Waals surface area contributed by atoms with Gasteiger partial charge in [0.2, 0.25) is 5.91 Å². The topological polar surface area (TPSA) is 62.4 Å². The molecule has 5 heteroatoms. The fraction of sp³-hybridized carbons (Fsp3) is 0.929. The van der Waals surface area contributed by atoms with Crippen LogP contribution in [0.15, 0.2) is 0 Å². The second kappa shape index (κ2) is 7.82. The number of nitrogens with one attached hydrogen (secondary N) is 3. The molecule has 0 spiro atoms. The van der Waals surface area contributed by atoms with Crippen LogP contribution in [0.3, 0.4) is 0 Å². The molecule has 0 aliphatic carbocycles. The number of carbonyl (C=O) groups is 1. The Kier molecular flexibility index (Phi) is 6.07. The minimum absolute atomic E-state index is 0.0563. The van der Waals surface area contributed by atoms with Crippen LogP contribution in [0.1, 0.15) is 39.0 Å². The van der Waals surface area contributed by atoms with Crippen LogP contribution in [0.4, 0.5) is 0 Å². The van der Waals surface area contributed by atoms with Gasteiger partial charge < -0.3 is 20.7 Å². The zero-order valence-electron chi connectivity index (χ0n) is 11.9. The summed E-state index contributed by atoms with van der Waals surface area (Å²) >= 11 is 0. The molecule has 0 aromatic carbocycles. The van der Waals surface area contributed by atoms with Crippen LogP contribution in [0.5, 0.6) is 0 Å². The predicted octanol–water partition coefficient (Wildman–Crippen LogP) is 0.607. The van der Waals surface area contributed by atoms with E-state index >= 15 is 0 Å². The third kappa shape index (κ3) is 4.75. The molecule has 2 heterocycles. The largest absolute Gasteiger partial charge is 0.368 e. The second-order valence-electron chi connectivity index (χ2n) is 5.66. The third-order valence-corrected chi connectivity index (χ3v) is 4.00. The lowest BCUT2D eigenvalue weighted by Crippen LogP contribution is -2.46. The maximum atomic E-state index is 11.9. The highest BCUT2D eigenvalue weighted by atomic mass is 16.5. The SMILES string of the molecule is CC1CCOC1C(=O)NCCCNC1CCCCN1. The molecule has 19 heavy (non-hydrogen) atoms. The molecule has 0 saturated carbocycles. The highest BCUT2D eigenvalue weighted by Gasteiger charge is 2.30. The van der Waals surface area contributed by atoms with Gasteiger partial charge in [0.1, 0.15) is 6.10 Å². The fourth-order valence-corrected chi connectivity index (χ4v) is 2.73. The van der Waals surface area contributed by atoms with Gasteiger partial charge in [-0.05, 0) is 51.1 Å². The molecule has 0 bridgehead atoms. The molecule has 1 amide bonds. The summed E-state index contributed by atoms with van der Waals surface area (Å²) in [6.45, 7) is 5.58. The number of hydrogen-bond acceptors (Lipinski definition) is 4. The first-order valence-electron chi connectivity index (χ1n) is 7.63. The van der Waals surface area contributed by atoms with E-state index in [2.05, 4.69) is 22.9 Å². The van der Waals surface area contributed by atoms with Gasteiger partial charge in [0.05, 0.1) is 6.17 Å². The van der Waals surface area contributed by atoms with E-state index < -0.39 is 0 Å². The summed E-state index contributed by atoms with van der Waals surface area (Å²) in [7, 11) is 0. The Morgan fingerprint density at radius 3 is 2.89 bits per heavy atom. The van der Waals surface area contributed by atoms with Gasteiger partial charge in [-0.25, -0.2) is 0 Å². The van der Waals surface area contributed by atoms with E-state index in [4.69, 9.17) is 4.74 Å². The molecule has 3 atom stereocenters. The van der Waals surface area contributed by atoms with Crippen LogP contribution in [0.2, 0.25) is 0 Å². The normalized spacial score (nSPS) is 31.3. The van der Waals surface area contributed by atoms with E-state index in [0.717, 1.165) is 32.5 Å². The second-order valence-corrected chi connectivity index (χ2v) is 5.66. The Labute approximate surface area is 115 Å². The van der Waals surface area contributed by atoms with Crippen LogP contribution >= 0.6 is 0 Å². The van der Waals surface area contributed by atoms with E-state index in [-0.39, 0.29) is 12.0 Å². The van der Waals surface area contributed by atoms with Crippen molar-refractivity contribution >= 4 is 5.91 Å². The van der Waals surface area contributed by atoms with Gasteiger partial charge in [0, 0.05) is 13.2 Å². The fourth-order valence-electron chi connectivity index (χ4n) is 2.73. The summed E-state index contributed by atoms with van der Waals surface area (Å²) in [6, 6.07) is 0. The third-order valence-electron chi connectivity index (χ3n) is 4.00. The minimum Gasteiger partial charge on any atom is -0.368 e. The number of hydrogen-bond donors (Lipinski definition) is 3. The standard InChI is InChI=1S/C14H27N3O2/c1-11-6-10-19-13(11)14(18)17-9-4-8-16-12-5-2-3-7-15-12/h11-13,15-16H,2-10H2,1H3,(H,17,18). The Morgan fingerprint density at radius 1 is 1.32 bits per heavy atom. The maximum absolute atomic E-state index is 11.9. The molecule has 5 nitrogen and oxygen atoms in total. The lowest BCUT2D eigenvalue weighted by molar-refractivity contribution is -0.131. The summed E-state index contributed by atoms with van der Waals surface area (Å²) in [5, 5.41) is 9.90. The summed E-state index contributed by atoms with van der Waals surface area (Å²) in [5.74, 6) is 0.408. The van der Waals surface area contributed by atoms with E-state index in [1.54, 1.807) is 0 Å². The first-order valence-corrected chi connectivity index (χ1v) is 7.63. The molecule has 3 N–H and O–H groups in total. The smallest absolute Gasteiger partial charge is 0.249 e. The average molecular weight is 269 g/mol. The molecular formula is C14H27N3O2. The lowest BCUT2D eigenvalue weighted by atomic mass is 10.0. The van der Waals surface area contributed by atoms with E-state index in [0.29, 0.717) is 18.7 Å². The number of amides is 1. The van der Waals surface area contributed by atoms with Crippen LogP contribution in [-0.2, 0) is 9.53 Å². The minimum atomic E-state index is -0.229. The quantitative estimate of drug-likeness (QED) is 0.618. The van der Waals surface area contributed by atoms with Crippen molar-refractivity contribution in [3.05, 3.63) is 0 Å². The molecule has 0 aromatic rings. The van der Waals surface area contributed by atoms with Crippen molar-refractivity contribution in [2.24, 2.45) is 5.92 Å². The Balaban J connectivity index is 1.50. The van der Waals surface area contributed by atoms with Crippen LogP contribution in [0, 0.1) is 5.92 Å². The van der Waals surface area contributed by atoms with Crippen molar-refractivity contribution in [3.8, 4) is 0 Å². The van der Waals surface area contributed by atoms with E-state index in [1.165, 1.54) is 19.3 Å². The van der Waals surface area contributed by atoms with Gasteiger partial charge in [-0.3, -0.25) is 4.79 Å². The first kappa shape index (κ1) is 14.8. The van der Waals surface area contributed by atoms with Crippen molar-refractivity contribution in [1.82, 2.24) is 16.0 Å². The van der Waals surface area contributed by atoms with Gasteiger partial charge in [0.25, 0.3) is 0 Å².